The van der Waals surface area contributed by atoms with E-state index in [-0.39, 0.29) is 23.7 Å². The Kier molecular flexibility index (Phi) is 30.8. The van der Waals surface area contributed by atoms with Crippen LogP contribution < -0.4 is 0 Å². The molecule has 0 aromatic heterocycles. The summed E-state index contributed by atoms with van der Waals surface area (Å²) in [5.41, 5.74) is 2.27. The first-order chi connectivity index (χ1) is 8.79. The second-order valence-electron chi connectivity index (χ2n) is 2.66. The van der Waals surface area contributed by atoms with Gasteiger partial charge in [0, 0.05) is 37.1 Å². The molecule has 0 saturated carbocycles. The van der Waals surface area contributed by atoms with Crippen LogP contribution in [0.1, 0.15) is 17.4 Å². The van der Waals surface area contributed by atoms with E-state index < -0.39 is 0 Å². The number of benzene rings is 1. The first-order valence-corrected chi connectivity index (χ1v) is 4.52. The van der Waals surface area contributed by atoms with Crippen molar-refractivity contribution in [3.63, 3.8) is 0 Å². The molecule has 0 unspecified atom stereocenters. The molecule has 0 aliphatic carbocycles. The van der Waals surface area contributed by atoms with Crippen LogP contribution in [0, 0.1) is 26.9 Å². The Hall–Kier alpha value is -1.11. The molecule has 0 spiro atoms. The van der Waals surface area contributed by atoms with Crippen molar-refractivity contribution in [3.05, 3.63) is 55.3 Å². The fraction of sp³-hybridized carbons (Fsp3) is 0.308. The van der Waals surface area contributed by atoms with Crippen LogP contribution in [0.2, 0.25) is 0 Å². The van der Waals surface area contributed by atoms with Gasteiger partial charge in [0.1, 0.15) is 0 Å². The van der Waals surface area contributed by atoms with Crippen molar-refractivity contribution >= 4 is 0 Å². The van der Waals surface area contributed by atoms with Gasteiger partial charge in [-0.05, 0) is 12.5 Å². The van der Waals surface area contributed by atoms with E-state index in [1.54, 1.807) is 14.2 Å². The first kappa shape index (κ1) is 26.5. The van der Waals surface area contributed by atoms with Crippen LogP contribution in [0.4, 0.5) is 0 Å². The first-order valence-electron chi connectivity index (χ1n) is 4.52. The van der Waals surface area contributed by atoms with Crippen LogP contribution in [-0.4, -0.2) is 14.2 Å². The van der Waals surface area contributed by atoms with Crippen molar-refractivity contribution in [2.24, 2.45) is 0 Å². The topological polar surface area (TPSA) is 78.2 Å². The van der Waals surface area contributed by atoms with E-state index in [0.29, 0.717) is 0 Å². The molecule has 6 heteroatoms. The predicted octanol–water partition coefficient (Wildman–Crippen LogP) is 2.17. The summed E-state index contributed by atoms with van der Waals surface area (Å²) in [5, 5.41) is 0. The van der Waals surface area contributed by atoms with Gasteiger partial charge < -0.3 is 9.47 Å². The van der Waals surface area contributed by atoms with E-state index in [0.717, 1.165) is 5.56 Å². The van der Waals surface area contributed by atoms with E-state index in [1.165, 1.54) is 5.56 Å². The molecular weight excluding hydrogens is 288 g/mol. The summed E-state index contributed by atoms with van der Waals surface area (Å²) < 4.78 is 32.8. The monoisotopic (exact) mass is 302 g/mol. The average Bonchev–Trinajstić information content (AvgIpc) is 2.48. The van der Waals surface area contributed by atoms with Gasteiger partial charge in [-0.15, -0.1) is 0 Å². The maximum Gasteiger partial charge on any atom is 0 e. The molecule has 0 radical (unpaired) electrons. The fourth-order valence-electron chi connectivity index (χ4n) is 1.20. The molecule has 102 valence electrons. The minimum Gasteiger partial charge on any atom is 0 e. The third kappa shape index (κ3) is 11.7. The predicted molar refractivity (Wildman–Crippen MR) is 59.7 cm³/mol. The summed E-state index contributed by atoms with van der Waals surface area (Å²) in [5.74, 6) is 0. The Morgan fingerprint density at radius 1 is 0.895 bits per heavy atom. The van der Waals surface area contributed by atoms with Gasteiger partial charge in [-0.2, -0.15) is 0 Å². The SMILES string of the molecule is COC(OC)c1ccccc1C.[C-]#[O+].[C-]#[O+].[C-]#[O+].[Cr]. The average molecular weight is 302 g/mol. The van der Waals surface area contributed by atoms with Gasteiger partial charge in [0.05, 0.1) is 0 Å². The van der Waals surface area contributed by atoms with Crippen molar-refractivity contribution in [3.8, 4) is 0 Å². The van der Waals surface area contributed by atoms with Gasteiger partial charge in [0.15, 0.2) is 6.29 Å². The van der Waals surface area contributed by atoms with Crippen LogP contribution >= 0.6 is 0 Å². The third-order valence-corrected chi connectivity index (χ3v) is 1.87. The molecule has 5 nitrogen and oxygen atoms in total. The maximum absolute atomic E-state index is 7.50. The normalized spacial score (nSPS) is 7.05. The van der Waals surface area contributed by atoms with Crippen LogP contribution in [0.3, 0.4) is 0 Å². The number of methoxy groups -OCH3 is 2. The zero-order chi connectivity index (χ0) is 15.0. The van der Waals surface area contributed by atoms with Gasteiger partial charge >= 0.3 is 33.9 Å². The third-order valence-electron chi connectivity index (χ3n) is 1.87. The minimum absolute atomic E-state index is 0. The molecular formula is C13H14CrO5. The molecule has 0 saturated heterocycles. The van der Waals surface area contributed by atoms with Gasteiger partial charge in [-0.25, -0.2) is 0 Å². The van der Waals surface area contributed by atoms with Gasteiger partial charge in [-0.3, -0.25) is 0 Å². The Bertz CT molecular complexity index is 341. The molecule has 1 aromatic rings. The zero-order valence-electron chi connectivity index (χ0n) is 10.8. The molecule has 1 aromatic carbocycles. The molecule has 0 atom stereocenters. The van der Waals surface area contributed by atoms with Gasteiger partial charge in [0.25, 0.3) is 0 Å². The molecule has 0 aliphatic rings. The number of rotatable bonds is 3. The Balaban J connectivity index is -0.000000142. The molecule has 0 bridgehead atoms. The van der Waals surface area contributed by atoms with Crippen molar-refractivity contribution in [1.82, 2.24) is 0 Å². The number of ether oxygens (including phenoxy) is 2. The second-order valence-corrected chi connectivity index (χ2v) is 2.66. The van der Waals surface area contributed by atoms with E-state index in [2.05, 4.69) is 20.0 Å². The van der Waals surface area contributed by atoms with Crippen LogP contribution in [0.15, 0.2) is 24.3 Å². The summed E-state index contributed by atoms with van der Waals surface area (Å²) >= 11 is 0. The van der Waals surface area contributed by atoms with E-state index in [9.17, 15) is 0 Å². The van der Waals surface area contributed by atoms with Crippen LogP contribution in [0.25, 0.3) is 0 Å². The molecule has 19 heavy (non-hydrogen) atoms. The Labute approximate surface area is 124 Å². The summed E-state index contributed by atoms with van der Waals surface area (Å²) in [6.45, 7) is 15.5. The maximum atomic E-state index is 7.50. The quantitative estimate of drug-likeness (QED) is 0.487. The molecule has 1 rings (SSSR count). The van der Waals surface area contributed by atoms with E-state index in [1.807, 2.05) is 31.2 Å². The fourth-order valence-corrected chi connectivity index (χ4v) is 1.20. The zero-order valence-corrected chi connectivity index (χ0v) is 12.1. The summed E-state index contributed by atoms with van der Waals surface area (Å²) in [6, 6.07) is 8.03. The standard InChI is InChI=1S/C10H14O2.3CO.Cr/c1-8-6-4-5-7-9(8)10(11-2)12-3;3*1-2;/h4-7,10H,1-3H3;;;;. The number of hydrogen-bond donors (Lipinski definition) is 0. The smallest absolute Gasteiger partial charge is 0 e. The van der Waals surface area contributed by atoms with E-state index >= 15 is 0 Å². The van der Waals surface area contributed by atoms with Crippen LogP contribution in [0.5, 0.6) is 0 Å². The van der Waals surface area contributed by atoms with Crippen LogP contribution in [-0.2, 0) is 40.8 Å². The van der Waals surface area contributed by atoms with Crippen molar-refractivity contribution < 1.29 is 40.8 Å². The van der Waals surface area contributed by atoms with Crippen molar-refractivity contribution in [1.29, 1.82) is 0 Å². The molecule has 0 heterocycles. The molecule has 0 N–H and O–H groups in total. The largest absolute Gasteiger partial charge is 0 e. The van der Waals surface area contributed by atoms with Crippen molar-refractivity contribution in [2.75, 3.05) is 14.2 Å². The minimum atomic E-state index is -0.244. The summed E-state index contributed by atoms with van der Waals surface area (Å²) in [7, 11) is 3.28. The molecule has 0 aliphatic heterocycles. The van der Waals surface area contributed by atoms with E-state index in [4.69, 9.17) is 23.4 Å². The van der Waals surface area contributed by atoms with Crippen molar-refractivity contribution in [2.45, 2.75) is 13.2 Å². The Morgan fingerprint density at radius 3 is 1.58 bits per heavy atom. The van der Waals surface area contributed by atoms with Gasteiger partial charge in [0.2, 0.25) is 0 Å². The second kappa shape index (κ2) is 22.1. The summed E-state index contributed by atoms with van der Waals surface area (Å²) in [6.07, 6.45) is -0.244. The molecule has 0 amide bonds. The van der Waals surface area contributed by atoms with Gasteiger partial charge in [-0.1, -0.05) is 24.3 Å². The summed E-state index contributed by atoms with van der Waals surface area (Å²) in [4.78, 5) is 0. The molecule has 0 fully saturated rings. The number of hydrogen-bond acceptors (Lipinski definition) is 2. The number of aryl methyl sites for hydroxylation is 1. The Morgan fingerprint density at radius 2 is 1.26 bits per heavy atom.